The second-order valence-electron chi connectivity index (χ2n) is 7.02. The Balaban J connectivity index is 2.48. The first-order valence-electron chi connectivity index (χ1n) is 8.25. The van der Waals surface area contributed by atoms with E-state index >= 15 is 0 Å². The molecule has 0 spiro atoms. The summed E-state index contributed by atoms with van der Waals surface area (Å²) in [5.74, 6) is -0.0101. The molecule has 2 rings (SSSR count). The smallest absolute Gasteiger partial charge is 0.253 e. The molecule has 0 fully saturated rings. The van der Waals surface area contributed by atoms with Gasteiger partial charge >= 0.3 is 0 Å². The van der Waals surface area contributed by atoms with Crippen LogP contribution in [0.3, 0.4) is 0 Å². The van der Waals surface area contributed by atoms with Crippen LogP contribution in [0.1, 0.15) is 50.3 Å². The number of aryl methyl sites for hydroxylation is 2. The molecule has 3 heteroatoms. The van der Waals surface area contributed by atoms with Crippen LogP contribution in [-0.2, 0) is 4.79 Å². The standard InChI is InChI=1S/C20H27NO2/c1-11(2)15-8-7-13(5)18-16(10-15)14(6)9-17(18)21-20(23)19(22)12(3)4/h7-12,19,22H,1-6H3,(H,21,23). The lowest BCUT2D eigenvalue weighted by molar-refractivity contribution is -0.125. The highest BCUT2D eigenvalue weighted by atomic mass is 16.3. The van der Waals surface area contributed by atoms with Gasteiger partial charge in [0.05, 0.1) is 0 Å². The fourth-order valence-corrected chi connectivity index (χ4v) is 2.81. The van der Waals surface area contributed by atoms with Crippen molar-refractivity contribution in [3.63, 3.8) is 0 Å². The first kappa shape index (κ1) is 17.5. The van der Waals surface area contributed by atoms with Crippen LogP contribution in [0.2, 0.25) is 0 Å². The average Bonchev–Trinajstić information content (AvgIpc) is 2.65. The molecule has 0 aromatic heterocycles. The summed E-state index contributed by atoms with van der Waals surface area (Å²) in [5.41, 5.74) is 6.52. The fourth-order valence-electron chi connectivity index (χ4n) is 2.81. The van der Waals surface area contributed by atoms with Gasteiger partial charge in [0.1, 0.15) is 6.10 Å². The van der Waals surface area contributed by atoms with Crippen LogP contribution in [0.25, 0.3) is 11.1 Å². The topological polar surface area (TPSA) is 49.3 Å². The summed E-state index contributed by atoms with van der Waals surface area (Å²) < 4.78 is 0. The van der Waals surface area contributed by atoms with E-state index in [2.05, 4.69) is 51.2 Å². The number of hydrogen-bond donors (Lipinski definition) is 2. The molecule has 23 heavy (non-hydrogen) atoms. The Morgan fingerprint density at radius 3 is 2.26 bits per heavy atom. The van der Waals surface area contributed by atoms with Crippen LogP contribution in [-0.4, -0.2) is 17.1 Å². The summed E-state index contributed by atoms with van der Waals surface area (Å²) >= 11 is 0. The Morgan fingerprint density at radius 1 is 1.04 bits per heavy atom. The van der Waals surface area contributed by atoms with Crippen molar-refractivity contribution in [2.75, 3.05) is 5.32 Å². The zero-order valence-corrected chi connectivity index (χ0v) is 14.9. The SMILES string of the molecule is Cc1cc(NC(=O)C(O)C(C)C)c2c(C)ccc(C(C)C)cc1-2. The molecule has 2 N–H and O–H groups in total. The second-order valence-corrected chi connectivity index (χ2v) is 7.02. The third kappa shape index (κ3) is 3.56. The van der Waals surface area contributed by atoms with Gasteiger partial charge in [0.15, 0.2) is 0 Å². The van der Waals surface area contributed by atoms with Gasteiger partial charge in [-0.1, -0.05) is 45.9 Å². The highest BCUT2D eigenvalue weighted by molar-refractivity contribution is 6.00. The number of anilines is 1. The lowest BCUT2D eigenvalue weighted by Gasteiger charge is -2.15. The van der Waals surface area contributed by atoms with Gasteiger partial charge < -0.3 is 10.4 Å². The molecule has 2 aliphatic rings. The van der Waals surface area contributed by atoms with Crippen molar-refractivity contribution in [1.82, 2.24) is 0 Å². The van der Waals surface area contributed by atoms with Gasteiger partial charge in [0, 0.05) is 11.3 Å². The number of amides is 1. The van der Waals surface area contributed by atoms with Gasteiger partial charge in [-0.25, -0.2) is 0 Å². The molecule has 0 aliphatic heterocycles. The van der Waals surface area contributed by atoms with Crippen LogP contribution in [0.4, 0.5) is 5.69 Å². The van der Waals surface area contributed by atoms with E-state index in [1.807, 2.05) is 19.9 Å². The summed E-state index contributed by atoms with van der Waals surface area (Å²) in [6.07, 6.45) is -0.996. The van der Waals surface area contributed by atoms with Crippen molar-refractivity contribution in [3.05, 3.63) is 41.0 Å². The minimum atomic E-state index is -0.996. The molecule has 1 amide bonds. The number of aliphatic hydroxyl groups is 1. The van der Waals surface area contributed by atoms with Gasteiger partial charge in [-0.3, -0.25) is 4.79 Å². The highest BCUT2D eigenvalue weighted by Crippen LogP contribution is 2.39. The zero-order chi connectivity index (χ0) is 17.3. The third-order valence-corrected chi connectivity index (χ3v) is 4.38. The molecule has 0 bridgehead atoms. The molecule has 1 atom stereocenters. The van der Waals surface area contributed by atoms with Crippen LogP contribution >= 0.6 is 0 Å². The maximum Gasteiger partial charge on any atom is 0.253 e. The number of rotatable bonds is 4. The van der Waals surface area contributed by atoms with Gasteiger partial charge in [-0.05, 0) is 54.0 Å². The molecule has 3 nitrogen and oxygen atoms in total. The molecule has 0 aromatic carbocycles. The van der Waals surface area contributed by atoms with E-state index < -0.39 is 6.10 Å². The lowest BCUT2D eigenvalue weighted by Crippen LogP contribution is -2.31. The Kier molecular flexibility index (Phi) is 5.10. The number of hydrogen-bond acceptors (Lipinski definition) is 2. The largest absolute Gasteiger partial charge is 0.383 e. The average molecular weight is 313 g/mol. The number of aliphatic hydroxyl groups excluding tert-OH is 1. The van der Waals surface area contributed by atoms with E-state index in [-0.39, 0.29) is 11.8 Å². The third-order valence-electron chi connectivity index (χ3n) is 4.38. The number of carbonyl (C=O) groups excluding carboxylic acids is 1. The first-order valence-corrected chi connectivity index (χ1v) is 8.25. The Morgan fingerprint density at radius 2 is 1.70 bits per heavy atom. The number of nitrogens with one attached hydrogen (secondary N) is 1. The van der Waals surface area contributed by atoms with E-state index in [1.54, 1.807) is 0 Å². The van der Waals surface area contributed by atoms with E-state index in [1.165, 1.54) is 5.56 Å². The number of carbonyl (C=O) groups is 1. The second kappa shape index (κ2) is 6.71. The summed E-state index contributed by atoms with van der Waals surface area (Å²) in [4.78, 5) is 12.2. The predicted octanol–water partition coefficient (Wildman–Crippen LogP) is 4.49. The van der Waals surface area contributed by atoms with E-state index in [4.69, 9.17) is 0 Å². The van der Waals surface area contributed by atoms with Gasteiger partial charge in [-0.2, -0.15) is 0 Å². The first-order chi connectivity index (χ1) is 10.7. The molecule has 0 saturated heterocycles. The molecule has 124 valence electrons. The van der Waals surface area contributed by atoms with Crippen LogP contribution in [0.15, 0.2) is 24.3 Å². The van der Waals surface area contributed by atoms with Crippen LogP contribution < -0.4 is 5.32 Å². The quantitative estimate of drug-likeness (QED) is 0.874. The van der Waals surface area contributed by atoms with E-state index in [0.717, 1.165) is 27.9 Å². The molecule has 1 unspecified atom stereocenters. The molecule has 0 aromatic rings. The monoisotopic (exact) mass is 313 g/mol. The van der Waals surface area contributed by atoms with Crippen LogP contribution in [0, 0.1) is 19.8 Å². The molecular weight excluding hydrogens is 286 g/mol. The predicted molar refractivity (Wildman–Crippen MR) is 96.1 cm³/mol. The summed E-state index contributed by atoms with van der Waals surface area (Å²) in [6, 6.07) is 8.45. The highest BCUT2D eigenvalue weighted by Gasteiger charge is 2.22. The molecular formula is C20H27NO2. The van der Waals surface area contributed by atoms with Crippen molar-refractivity contribution in [2.45, 2.75) is 53.6 Å². The minimum absolute atomic E-state index is 0.109. The number of fused-ring (bicyclic) bond motifs is 1. The van der Waals surface area contributed by atoms with Gasteiger partial charge in [0.25, 0.3) is 5.91 Å². The molecule has 0 heterocycles. The zero-order valence-electron chi connectivity index (χ0n) is 14.9. The molecule has 0 saturated carbocycles. The maximum absolute atomic E-state index is 12.2. The van der Waals surface area contributed by atoms with Crippen LogP contribution in [0.5, 0.6) is 0 Å². The van der Waals surface area contributed by atoms with Crippen molar-refractivity contribution >= 4 is 11.6 Å². The maximum atomic E-state index is 12.2. The molecule has 2 aliphatic carbocycles. The van der Waals surface area contributed by atoms with E-state index in [0.29, 0.717) is 5.92 Å². The van der Waals surface area contributed by atoms with Crippen molar-refractivity contribution in [1.29, 1.82) is 0 Å². The summed E-state index contributed by atoms with van der Waals surface area (Å²) in [7, 11) is 0. The normalized spacial score (nSPS) is 12.9. The Labute approximate surface area is 139 Å². The fraction of sp³-hybridized carbons (Fsp3) is 0.450. The van der Waals surface area contributed by atoms with Crippen molar-refractivity contribution in [3.8, 4) is 11.1 Å². The van der Waals surface area contributed by atoms with Gasteiger partial charge in [0.2, 0.25) is 0 Å². The summed E-state index contributed by atoms with van der Waals surface area (Å²) in [6.45, 7) is 12.1. The minimum Gasteiger partial charge on any atom is -0.383 e. The summed E-state index contributed by atoms with van der Waals surface area (Å²) in [5, 5.41) is 12.9. The van der Waals surface area contributed by atoms with Crippen molar-refractivity contribution in [2.24, 2.45) is 5.92 Å². The Bertz CT molecular complexity index is 689. The van der Waals surface area contributed by atoms with Gasteiger partial charge in [-0.15, -0.1) is 0 Å². The van der Waals surface area contributed by atoms with E-state index in [9.17, 15) is 9.90 Å². The lowest BCUT2D eigenvalue weighted by atomic mass is 10.0. The van der Waals surface area contributed by atoms with Crippen molar-refractivity contribution < 1.29 is 9.90 Å². The Hall–Kier alpha value is -1.87. The molecule has 0 radical (unpaired) electrons.